The summed E-state index contributed by atoms with van der Waals surface area (Å²) < 4.78 is 1.34. The molecule has 6 heteroatoms. The van der Waals surface area contributed by atoms with E-state index in [4.69, 9.17) is 0 Å². The molecule has 0 radical (unpaired) electrons. The second-order valence-electron chi connectivity index (χ2n) is 6.57. The van der Waals surface area contributed by atoms with E-state index < -0.39 is 6.10 Å². The number of carbonyl (C=O) groups is 1. The van der Waals surface area contributed by atoms with Gasteiger partial charge in [0.25, 0.3) is 5.56 Å². The van der Waals surface area contributed by atoms with Crippen molar-refractivity contribution in [1.29, 1.82) is 0 Å². The standard InChI is InChI=1S/C22H23N3O3/c1-4-25-22(28)21(23-18-12-8-11-17(13-18)14(2)26)19(15(3)27)20(24-25)16-9-6-5-7-10-16/h5-14,23,26H,4H2,1-3H3. The van der Waals surface area contributed by atoms with Crippen LogP contribution in [0.4, 0.5) is 11.4 Å². The maximum atomic E-state index is 13.0. The van der Waals surface area contributed by atoms with Gasteiger partial charge in [0.05, 0.1) is 11.7 Å². The molecule has 28 heavy (non-hydrogen) atoms. The second kappa shape index (κ2) is 8.19. The SMILES string of the molecule is CCn1nc(-c2ccccc2)c(C(C)=O)c(Nc2cccc(C(C)O)c2)c1=O. The smallest absolute Gasteiger partial charge is 0.291 e. The minimum absolute atomic E-state index is 0.186. The van der Waals surface area contributed by atoms with Crippen molar-refractivity contribution in [2.45, 2.75) is 33.4 Å². The van der Waals surface area contributed by atoms with E-state index in [1.807, 2.05) is 37.3 Å². The predicted octanol–water partition coefficient (Wildman–Crippen LogP) is 3.93. The molecule has 1 atom stereocenters. The fourth-order valence-electron chi connectivity index (χ4n) is 3.06. The highest BCUT2D eigenvalue weighted by molar-refractivity contribution is 6.05. The number of ketones is 1. The van der Waals surface area contributed by atoms with Crippen molar-refractivity contribution in [2.75, 3.05) is 5.32 Å². The molecule has 0 spiro atoms. The zero-order valence-electron chi connectivity index (χ0n) is 16.1. The van der Waals surface area contributed by atoms with Crippen LogP contribution < -0.4 is 10.9 Å². The third kappa shape index (κ3) is 3.87. The lowest BCUT2D eigenvalue weighted by Gasteiger charge is -2.16. The van der Waals surface area contributed by atoms with Crippen LogP contribution in [-0.2, 0) is 6.54 Å². The van der Waals surface area contributed by atoms with Crippen molar-refractivity contribution < 1.29 is 9.90 Å². The maximum absolute atomic E-state index is 13.0. The summed E-state index contributed by atoms with van der Waals surface area (Å²) in [4.78, 5) is 25.5. The highest BCUT2D eigenvalue weighted by Gasteiger charge is 2.22. The van der Waals surface area contributed by atoms with Gasteiger partial charge in [-0.25, -0.2) is 4.68 Å². The molecule has 1 aromatic heterocycles. The maximum Gasteiger partial charge on any atom is 0.291 e. The third-order valence-corrected chi connectivity index (χ3v) is 4.49. The molecule has 3 aromatic rings. The Kier molecular flexibility index (Phi) is 5.70. The van der Waals surface area contributed by atoms with Gasteiger partial charge in [0.15, 0.2) is 5.78 Å². The quantitative estimate of drug-likeness (QED) is 0.636. The molecular weight excluding hydrogens is 354 g/mol. The van der Waals surface area contributed by atoms with Crippen LogP contribution >= 0.6 is 0 Å². The van der Waals surface area contributed by atoms with E-state index in [0.29, 0.717) is 23.5 Å². The summed E-state index contributed by atoms with van der Waals surface area (Å²) in [5, 5.41) is 17.4. The molecule has 0 fully saturated rings. The number of aliphatic hydroxyl groups is 1. The molecule has 1 unspecified atom stereocenters. The number of nitrogens with one attached hydrogen (secondary N) is 1. The number of benzene rings is 2. The average molecular weight is 377 g/mol. The van der Waals surface area contributed by atoms with Crippen LogP contribution in [0.2, 0.25) is 0 Å². The molecule has 0 aliphatic rings. The zero-order chi connectivity index (χ0) is 20.3. The fourth-order valence-corrected chi connectivity index (χ4v) is 3.06. The van der Waals surface area contributed by atoms with E-state index >= 15 is 0 Å². The molecule has 0 saturated carbocycles. The molecule has 0 bridgehead atoms. The summed E-state index contributed by atoms with van der Waals surface area (Å²) in [5.41, 5.74) is 2.62. The second-order valence-corrected chi connectivity index (χ2v) is 6.57. The van der Waals surface area contributed by atoms with Crippen LogP contribution in [0.3, 0.4) is 0 Å². The van der Waals surface area contributed by atoms with E-state index in [2.05, 4.69) is 10.4 Å². The Balaban J connectivity index is 2.23. The first kappa shape index (κ1) is 19.5. The molecule has 1 heterocycles. The summed E-state index contributed by atoms with van der Waals surface area (Å²) in [5.74, 6) is -0.249. The van der Waals surface area contributed by atoms with Gasteiger partial charge in [0.1, 0.15) is 11.4 Å². The highest BCUT2D eigenvalue weighted by atomic mass is 16.3. The van der Waals surface area contributed by atoms with Crippen molar-refractivity contribution in [3.05, 3.63) is 76.1 Å². The number of carbonyl (C=O) groups excluding carboxylic acids is 1. The fraction of sp³-hybridized carbons (Fsp3) is 0.227. The molecule has 0 aliphatic heterocycles. The van der Waals surface area contributed by atoms with Gasteiger partial charge in [-0.1, -0.05) is 42.5 Å². The van der Waals surface area contributed by atoms with E-state index in [1.165, 1.54) is 11.6 Å². The summed E-state index contributed by atoms with van der Waals surface area (Å²) in [6.45, 7) is 5.30. The normalized spacial score (nSPS) is 11.9. The number of aromatic nitrogens is 2. The van der Waals surface area contributed by atoms with Crippen molar-refractivity contribution in [3.63, 3.8) is 0 Å². The number of hydrogen-bond donors (Lipinski definition) is 2. The minimum atomic E-state index is -0.640. The Morgan fingerprint density at radius 3 is 2.50 bits per heavy atom. The lowest BCUT2D eigenvalue weighted by molar-refractivity contribution is 0.101. The highest BCUT2D eigenvalue weighted by Crippen LogP contribution is 2.28. The van der Waals surface area contributed by atoms with Gasteiger partial charge < -0.3 is 10.4 Å². The molecule has 0 saturated heterocycles. The molecule has 6 nitrogen and oxygen atoms in total. The number of rotatable bonds is 6. The van der Waals surface area contributed by atoms with Crippen LogP contribution in [0, 0.1) is 0 Å². The molecule has 2 N–H and O–H groups in total. The van der Waals surface area contributed by atoms with Crippen LogP contribution in [0.25, 0.3) is 11.3 Å². The molecule has 2 aromatic carbocycles. The van der Waals surface area contributed by atoms with Gasteiger partial charge in [-0.15, -0.1) is 0 Å². The topological polar surface area (TPSA) is 84.2 Å². The number of nitrogens with zero attached hydrogens (tertiary/aromatic N) is 2. The van der Waals surface area contributed by atoms with E-state index in [-0.39, 0.29) is 22.6 Å². The van der Waals surface area contributed by atoms with Gasteiger partial charge >= 0.3 is 0 Å². The summed E-state index contributed by atoms with van der Waals surface area (Å²) in [7, 11) is 0. The number of aliphatic hydroxyl groups excluding tert-OH is 1. The largest absolute Gasteiger partial charge is 0.389 e. The van der Waals surface area contributed by atoms with Gasteiger partial charge in [-0.2, -0.15) is 5.10 Å². The number of Topliss-reactive ketones (excluding diaryl/α,β-unsaturated/α-hetero) is 1. The van der Waals surface area contributed by atoms with Gasteiger partial charge in [-0.05, 0) is 38.5 Å². The summed E-state index contributed by atoms with van der Waals surface area (Å²) in [6.07, 6.45) is -0.640. The molecule has 0 aliphatic carbocycles. The Labute approximate surface area is 163 Å². The first-order chi connectivity index (χ1) is 13.4. The number of hydrogen-bond acceptors (Lipinski definition) is 5. The Bertz CT molecular complexity index is 1060. The van der Waals surface area contributed by atoms with Crippen molar-refractivity contribution in [3.8, 4) is 11.3 Å². The van der Waals surface area contributed by atoms with Crippen LogP contribution in [-0.4, -0.2) is 20.7 Å². The van der Waals surface area contributed by atoms with Crippen molar-refractivity contribution >= 4 is 17.2 Å². The van der Waals surface area contributed by atoms with Gasteiger partial charge in [0.2, 0.25) is 0 Å². The van der Waals surface area contributed by atoms with Gasteiger partial charge in [-0.3, -0.25) is 9.59 Å². The average Bonchev–Trinajstić information content (AvgIpc) is 2.69. The Hall–Kier alpha value is -3.25. The van der Waals surface area contributed by atoms with E-state index in [9.17, 15) is 14.7 Å². The summed E-state index contributed by atoms with van der Waals surface area (Å²) in [6, 6.07) is 16.5. The van der Waals surface area contributed by atoms with Crippen LogP contribution in [0.15, 0.2) is 59.4 Å². The Morgan fingerprint density at radius 2 is 1.89 bits per heavy atom. The van der Waals surface area contributed by atoms with Gasteiger partial charge in [0, 0.05) is 17.8 Å². The first-order valence-corrected chi connectivity index (χ1v) is 9.19. The van der Waals surface area contributed by atoms with Crippen LogP contribution in [0.1, 0.15) is 42.8 Å². The van der Waals surface area contributed by atoms with E-state index in [0.717, 1.165) is 5.56 Å². The number of anilines is 2. The third-order valence-electron chi connectivity index (χ3n) is 4.49. The van der Waals surface area contributed by atoms with E-state index in [1.54, 1.807) is 31.2 Å². The van der Waals surface area contributed by atoms with Crippen LogP contribution in [0.5, 0.6) is 0 Å². The lowest BCUT2D eigenvalue weighted by atomic mass is 10.0. The van der Waals surface area contributed by atoms with Crippen molar-refractivity contribution in [2.24, 2.45) is 0 Å². The minimum Gasteiger partial charge on any atom is -0.389 e. The molecule has 144 valence electrons. The molecule has 0 amide bonds. The summed E-state index contributed by atoms with van der Waals surface area (Å²) >= 11 is 0. The predicted molar refractivity (Wildman–Crippen MR) is 110 cm³/mol. The lowest BCUT2D eigenvalue weighted by Crippen LogP contribution is -2.28. The first-order valence-electron chi connectivity index (χ1n) is 9.19. The number of aryl methyl sites for hydroxylation is 1. The molecular formula is C22H23N3O3. The molecule has 3 rings (SSSR count). The Morgan fingerprint density at radius 1 is 1.18 bits per heavy atom. The zero-order valence-corrected chi connectivity index (χ0v) is 16.1. The monoisotopic (exact) mass is 377 g/mol. The van der Waals surface area contributed by atoms with Crippen molar-refractivity contribution in [1.82, 2.24) is 9.78 Å².